The Bertz CT molecular complexity index is 377. The number of rotatable bonds is 3. The minimum absolute atomic E-state index is 0.720. The van der Waals surface area contributed by atoms with Crippen molar-refractivity contribution in [3.63, 3.8) is 0 Å². The van der Waals surface area contributed by atoms with Gasteiger partial charge in [0.15, 0.2) is 0 Å². The quantitative estimate of drug-likeness (QED) is 0.685. The van der Waals surface area contributed by atoms with Gasteiger partial charge in [0.05, 0.1) is 20.3 Å². The summed E-state index contributed by atoms with van der Waals surface area (Å²) in [5.41, 5.74) is 0.827. The van der Waals surface area contributed by atoms with Crippen molar-refractivity contribution in [1.82, 2.24) is 0 Å². The fraction of sp³-hybridized carbons (Fsp3) is 0.182. The molecule has 14 heavy (non-hydrogen) atoms. The molecule has 0 fully saturated rings. The van der Waals surface area contributed by atoms with E-state index in [4.69, 9.17) is 14.7 Å². The molecule has 3 nitrogen and oxygen atoms in total. The number of hydrogen-bond acceptors (Lipinski definition) is 3. The van der Waals surface area contributed by atoms with Gasteiger partial charge in [-0.25, -0.2) is 0 Å². The van der Waals surface area contributed by atoms with E-state index in [1.165, 1.54) is 6.08 Å². The molecule has 3 heteroatoms. The van der Waals surface area contributed by atoms with Crippen LogP contribution in [0.4, 0.5) is 0 Å². The van der Waals surface area contributed by atoms with Crippen LogP contribution in [0.25, 0.3) is 6.08 Å². The first-order chi connectivity index (χ1) is 6.81. The lowest BCUT2D eigenvalue weighted by Gasteiger charge is -2.06. The van der Waals surface area contributed by atoms with Gasteiger partial charge in [-0.15, -0.1) is 0 Å². The maximum Gasteiger partial charge on any atom is 0.126 e. The van der Waals surface area contributed by atoms with E-state index in [1.807, 2.05) is 18.2 Å². The van der Waals surface area contributed by atoms with E-state index < -0.39 is 0 Å². The molecule has 0 N–H and O–H groups in total. The van der Waals surface area contributed by atoms with Crippen molar-refractivity contribution < 1.29 is 9.47 Å². The topological polar surface area (TPSA) is 42.2 Å². The second-order valence-electron chi connectivity index (χ2n) is 2.57. The molecule has 1 aromatic rings. The maximum absolute atomic E-state index is 8.41. The predicted octanol–water partition coefficient (Wildman–Crippen LogP) is 2.24. The first-order valence-corrected chi connectivity index (χ1v) is 4.10. The zero-order valence-electron chi connectivity index (χ0n) is 8.15. The summed E-state index contributed by atoms with van der Waals surface area (Å²) in [7, 11) is 3.19. The molecule has 0 amide bonds. The second kappa shape index (κ2) is 4.93. The smallest absolute Gasteiger partial charge is 0.126 e. The Morgan fingerprint density at radius 1 is 1.29 bits per heavy atom. The molecule has 72 valence electrons. The molecule has 0 spiro atoms. The lowest BCUT2D eigenvalue weighted by molar-refractivity contribution is 0.402. The average Bonchev–Trinajstić information content (AvgIpc) is 2.25. The number of nitrogens with zero attached hydrogens (tertiary/aromatic N) is 1. The van der Waals surface area contributed by atoms with Crippen LogP contribution in [0.2, 0.25) is 0 Å². The molecule has 1 aromatic carbocycles. The fourth-order valence-electron chi connectivity index (χ4n) is 1.10. The van der Waals surface area contributed by atoms with Gasteiger partial charge in [-0.1, -0.05) is 0 Å². The van der Waals surface area contributed by atoms with Crippen LogP contribution in [0.15, 0.2) is 24.3 Å². The highest BCUT2D eigenvalue weighted by Crippen LogP contribution is 2.24. The standard InChI is InChI=1S/C11H11NO2/c1-13-10-5-6-11(14-2)9(8-10)4-3-7-12/h3-6,8H,1-2H3/b4-3+. The molecule has 0 atom stereocenters. The largest absolute Gasteiger partial charge is 0.497 e. The molecule has 0 aliphatic carbocycles. The normalized spacial score (nSPS) is 9.79. The average molecular weight is 189 g/mol. The summed E-state index contributed by atoms with van der Waals surface area (Å²) >= 11 is 0. The molecule has 0 unspecified atom stereocenters. The van der Waals surface area contributed by atoms with E-state index in [1.54, 1.807) is 26.4 Å². The summed E-state index contributed by atoms with van der Waals surface area (Å²) in [6.45, 7) is 0. The first-order valence-electron chi connectivity index (χ1n) is 4.10. The summed E-state index contributed by atoms with van der Waals surface area (Å²) in [6.07, 6.45) is 3.08. The van der Waals surface area contributed by atoms with E-state index >= 15 is 0 Å². The monoisotopic (exact) mass is 189 g/mol. The van der Waals surface area contributed by atoms with Gasteiger partial charge in [0.1, 0.15) is 11.5 Å². The number of benzene rings is 1. The molecule has 0 saturated carbocycles. The van der Waals surface area contributed by atoms with Crippen LogP contribution < -0.4 is 9.47 Å². The van der Waals surface area contributed by atoms with Gasteiger partial charge in [-0.05, 0) is 24.3 Å². The van der Waals surface area contributed by atoms with Crippen molar-refractivity contribution in [1.29, 1.82) is 5.26 Å². The summed E-state index contributed by atoms with van der Waals surface area (Å²) in [5.74, 6) is 1.46. The SMILES string of the molecule is COc1ccc(OC)c(/C=C/C#N)c1. The van der Waals surface area contributed by atoms with Gasteiger partial charge in [0.2, 0.25) is 0 Å². The van der Waals surface area contributed by atoms with Crippen molar-refractivity contribution in [2.75, 3.05) is 14.2 Å². The number of allylic oxidation sites excluding steroid dienone is 1. The summed E-state index contributed by atoms with van der Waals surface area (Å²) in [6, 6.07) is 7.35. The Kier molecular flexibility index (Phi) is 3.57. The highest BCUT2D eigenvalue weighted by molar-refractivity contribution is 5.61. The molecule has 0 bridgehead atoms. The maximum atomic E-state index is 8.41. The van der Waals surface area contributed by atoms with Crippen LogP contribution in [-0.4, -0.2) is 14.2 Å². The van der Waals surface area contributed by atoms with Crippen LogP contribution in [0.5, 0.6) is 11.5 Å². The van der Waals surface area contributed by atoms with Gasteiger partial charge in [0, 0.05) is 11.6 Å². The van der Waals surface area contributed by atoms with Gasteiger partial charge in [0.25, 0.3) is 0 Å². The lowest BCUT2D eigenvalue weighted by Crippen LogP contribution is -1.89. The zero-order valence-corrected chi connectivity index (χ0v) is 8.15. The van der Waals surface area contributed by atoms with Crippen LogP contribution in [0.3, 0.4) is 0 Å². The van der Waals surface area contributed by atoms with Crippen molar-refractivity contribution in [3.8, 4) is 17.6 Å². The Morgan fingerprint density at radius 2 is 2.07 bits per heavy atom. The minimum atomic E-state index is 0.720. The Morgan fingerprint density at radius 3 is 2.64 bits per heavy atom. The van der Waals surface area contributed by atoms with Crippen molar-refractivity contribution in [3.05, 3.63) is 29.8 Å². The van der Waals surface area contributed by atoms with E-state index in [-0.39, 0.29) is 0 Å². The molecule has 0 heterocycles. The second-order valence-corrected chi connectivity index (χ2v) is 2.57. The molecule has 0 radical (unpaired) electrons. The number of nitriles is 1. The van der Waals surface area contributed by atoms with Gasteiger partial charge >= 0.3 is 0 Å². The Labute approximate surface area is 83.2 Å². The van der Waals surface area contributed by atoms with Gasteiger partial charge < -0.3 is 9.47 Å². The Balaban J connectivity index is 3.09. The van der Waals surface area contributed by atoms with Crippen LogP contribution in [-0.2, 0) is 0 Å². The van der Waals surface area contributed by atoms with Crippen LogP contribution in [0, 0.1) is 11.3 Å². The van der Waals surface area contributed by atoms with Crippen molar-refractivity contribution in [2.45, 2.75) is 0 Å². The van der Waals surface area contributed by atoms with Crippen LogP contribution in [0.1, 0.15) is 5.56 Å². The highest BCUT2D eigenvalue weighted by Gasteiger charge is 2.00. The number of methoxy groups -OCH3 is 2. The molecule has 1 rings (SSSR count). The van der Waals surface area contributed by atoms with Crippen molar-refractivity contribution >= 4 is 6.08 Å². The van der Waals surface area contributed by atoms with E-state index in [0.717, 1.165) is 17.1 Å². The lowest BCUT2D eigenvalue weighted by atomic mass is 10.2. The van der Waals surface area contributed by atoms with Gasteiger partial charge in [-0.2, -0.15) is 5.26 Å². The zero-order chi connectivity index (χ0) is 10.4. The van der Waals surface area contributed by atoms with E-state index in [0.29, 0.717) is 0 Å². The summed E-state index contributed by atoms with van der Waals surface area (Å²) < 4.78 is 10.2. The molecular formula is C11H11NO2. The molecule has 0 aliphatic heterocycles. The molecule has 0 aliphatic rings. The molecule has 0 aromatic heterocycles. The first kappa shape index (κ1) is 10.1. The minimum Gasteiger partial charge on any atom is -0.497 e. The van der Waals surface area contributed by atoms with Crippen LogP contribution >= 0.6 is 0 Å². The number of ether oxygens (including phenoxy) is 2. The third-order valence-electron chi connectivity index (χ3n) is 1.77. The van der Waals surface area contributed by atoms with E-state index in [2.05, 4.69) is 0 Å². The summed E-state index contributed by atoms with van der Waals surface area (Å²) in [5, 5.41) is 8.41. The van der Waals surface area contributed by atoms with Crippen molar-refractivity contribution in [2.24, 2.45) is 0 Å². The fourth-order valence-corrected chi connectivity index (χ4v) is 1.10. The third kappa shape index (κ3) is 2.27. The Hall–Kier alpha value is -1.95. The molecular weight excluding hydrogens is 178 g/mol. The number of hydrogen-bond donors (Lipinski definition) is 0. The van der Waals surface area contributed by atoms with Gasteiger partial charge in [-0.3, -0.25) is 0 Å². The van der Waals surface area contributed by atoms with E-state index in [9.17, 15) is 0 Å². The molecule has 0 saturated heterocycles. The third-order valence-corrected chi connectivity index (χ3v) is 1.77. The summed E-state index contributed by atoms with van der Waals surface area (Å²) in [4.78, 5) is 0. The predicted molar refractivity (Wildman–Crippen MR) is 54.2 cm³/mol. The highest BCUT2D eigenvalue weighted by atomic mass is 16.5.